The third-order valence-electron chi connectivity index (χ3n) is 16.8. The molecule has 0 saturated heterocycles. The molecular weight excluding hydrogens is 1070 g/mol. The smallest absolute Gasteiger partial charge is 0.0991 e. The van der Waals surface area contributed by atoms with E-state index in [4.69, 9.17) is 24.9 Å². The summed E-state index contributed by atoms with van der Waals surface area (Å²) in [6.07, 6.45) is 9.69. The summed E-state index contributed by atoms with van der Waals surface area (Å²) in [7, 11) is 0. The summed E-state index contributed by atoms with van der Waals surface area (Å²) in [4.78, 5) is 25.1. The molecule has 16 aromatic rings. The van der Waals surface area contributed by atoms with Gasteiger partial charge in [0.05, 0.1) is 85.9 Å². The number of hydrogen-bond donors (Lipinski definition) is 0. The van der Waals surface area contributed by atoms with Crippen LogP contribution in [0.5, 0.6) is 0 Å². The van der Waals surface area contributed by atoms with Gasteiger partial charge in [-0.25, -0.2) is 4.98 Å². The molecule has 0 fully saturated rings. The van der Waals surface area contributed by atoms with Gasteiger partial charge in [-0.2, -0.15) is 5.26 Å². The van der Waals surface area contributed by atoms with Crippen LogP contribution in [-0.2, 0) is 0 Å². The second-order valence-corrected chi connectivity index (χ2v) is 22.0. The normalized spacial score (nSPS) is 11.4. The zero-order chi connectivity index (χ0) is 58.5. The lowest BCUT2D eigenvalue weighted by Crippen LogP contribution is -2.05. The topological polar surface area (TPSA) is 98.1 Å². The summed E-state index contributed by atoms with van der Waals surface area (Å²) in [5.74, 6) is 0. The molecule has 7 aromatic heterocycles. The van der Waals surface area contributed by atoms with E-state index in [1.807, 2.05) is 116 Å². The van der Waals surface area contributed by atoms with Gasteiger partial charge in [-0.05, 0) is 124 Å². The van der Waals surface area contributed by atoms with Crippen LogP contribution in [0.25, 0.3) is 156 Å². The number of pyridine rings is 5. The van der Waals surface area contributed by atoms with Crippen LogP contribution in [-0.4, -0.2) is 34.1 Å². The summed E-state index contributed by atoms with van der Waals surface area (Å²) < 4.78 is 4.78. The predicted octanol–water partition coefficient (Wildman–Crippen LogP) is 19.7. The van der Waals surface area contributed by atoms with E-state index in [0.717, 1.165) is 156 Å². The molecule has 410 valence electrons. The summed E-state index contributed by atoms with van der Waals surface area (Å²) in [6.45, 7) is 0. The van der Waals surface area contributed by atoms with Gasteiger partial charge in [0.1, 0.15) is 0 Å². The van der Waals surface area contributed by atoms with Crippen molar-refractivity contribution in [2.75, 3.05) is 0 Å². The zero-order valence-corrected chi connectivity index (χ0v) is 47.4. The Labute approximate surface area is 507 Å². The second-order valence-electron chi connectivity index (χ2n) is 22.0. The molecule has 0 radical (unpaired) electrons. The van der Waals surface area contributed by atoms with E-state index in [1.54, 1.807) is 0 Å². The highest BCUT2D eigenvalue weighted by molar-refractivity contribution is 6.14. The van der Waals surface area contributed by atoms with Gasteiger partial charge < -0.3 is 9.13 Å². The largest absolute Gasteiger partial charge is 0.307 e. The average molecular weight is 1120 g/mol. The van der Waals surface area contributed by atoms with Crippen LogP contribution < -0.4 is 0 Å². The molecule has 7 heterocycles. The maximum absolute atomic E-state index is 10.3. The Hall–Kier alpha value is -12.2. The number of nitrogens with zero attached hydrogens (tertiary/aromatic N) is 8. The molecule has 0 atom stereocenters. The summed E-state index contributed by atoms with van der Waals surface area (Å²) in [5, 5.41) is 14.6. The molecule has 8 heteroatoms. The molecule has 0 unspecified atom stereocenters. The van der Waals surface area contributed by atoms with E-state index < -0.39 is 0 Å². The number of aromatic nitrogens is 7. The molecule has 16 rings (SSSR count). The second kappa shape index (κ2) is 21.8. The molecule has 0 aliphatic carbocycles. The predicted molar refractivity (Wildman–Crippen MR) is 358 cm³/mol. The number of hydrogen-bond acceptors (Lipinski definition) is 6. The van der Waals surface area contributed by atoms with E-state index in [9.17, 15) is 5.26 Å². The summed E-state index contributed by atoms with van der Waals surface area (Å²) >= 11 is 0. The van der Waals surface area contributed by atoms with Crippen molar-refractivity contribution in [3.8, 4) is 118 Å². The van der Waals surface area contributed by atoms with Crippen LogP contribution >= 0.6 is 0 Å². The van der Waals surface area contributed by atoms with Crippen molar-refractivity contribution in [2.24, 2.45) is 0 Å². The van der Waals surface area contributed by atoms with Crippen molar-refractivity contribution in [2.45, 2.75) is 0 Å². The van der Waals surface area contributed by atoms with Crippen molar-refractivity contribution in [3.63, 3.8) is 0 Å². The maximum Gasteiger partial charge on any atom is 0.0991 e. The van der Waals surface area contributed by atoms with Crippen molar-refractivity contribution in [1.82, 2.24) is 34.1 Å². The Morgan fingerprint density at radius 3 is 0.989 bits per heavy atom. The first-order valence-electron chi connectivity index (χ1n) is 29.3. The Morgan fingerprint density at radius 2 is 0.602 bits per heavy atom. The van der Waals surface area contributed by atoms with Crippen molar-refractivity contribution < 1.29 is 0 Å². The molecule has 0 amide bonds. The van der Waals surface area contributed by atoms with Crippen molar-refractivity contribution in [1.29, 1.82) is 5.26 Å². The molecule has 0 N–H and O–H groups in total. The average Bonchev–Trinajstić information content (AvgIpc) is 1.66. The lowest BCUT2D eigenvalue weighted by molar-refractivity contribution is 1.09. The Balaban J connectivity index is 0.981. The molecule has 9 aromatic carbocycles. The van der Waals surface area contributed by atoms with Crippen molar-refractivity contribution >= 4 is 43.6 Å². The minimum Gasteiger partial charge on any atom is -0.307 e. The highest BCUT2D eigenvalue weighted by Gasteiger charge is 2.25. The van der Waals surface area contributed by atoms with E-state index >= 15 is 0 Å². The monoisotopic (exact) mass is 1120 g/mol. The minimum atomic E-state index is 0.565. The van der Waals surface area contributed by atoms with Crippen molar-refractivity contribution in [3.05, 3.63) is 310 Å². The van der Waals surface area contributed by atoms with Crippen LogP contribution in [0.15, 0.2) is 304 Å². The quantitative estimate of drug-likeness (QED) is 0.128. The molecule has 0 aliphatic heterocycles. The van der Waals surface area contributed by atoms with Crippen LogP contribution in [0.4, 0.5) is 0 Å². The van der Waals surface area contributed by atoms with Crippen LogP contribution in [0.1, 0.15) is 5.56 Å². The van der Waals surface area contributed by atoms with Gasteiger partial charge in [0.2, 0.25) is 0 Å². The molecule has 8 nitrogen and oxygen atoms in total. The van der Waals surface area contributed by atoms with Gasteiger partial charge in [-0.1, -0.05) is 188 Å². The third kappa shape index (κ3) is 9.24. The molecule has 0 spiro atoms. The Bertz CT molecular complexity index is 4790. The lowest BCUT2D eigenvalue weighted by Gasteiger charge is -2.20. The van der Waals surface area contributed by atoms with Crippen LogP contribution in [0.3, 0.4) is 0 Å². The summed E-state index contributed by atoms with van der Waals surface area (Å²) in [5.41, 5.74) is 24.0. The van der Waals surface area contributed by atoms with E-state index in [-0.39, 0.29) is 0 Å². The van der Waals surface area contributed by atoms with Gasteiger partial charge in [0.15, 0.2) is 0 Å². The number of rotatable bonds is 11. The number of benzene rings is 9. The number of fused-ring (bicyclic) bond motifs is 6. The fourth-order valence-electron chi connectivity index (χ4n) is 12.5. The molecule has 0 aliphatic rings. The molecule has 88 heavy (non-hydrogen) atoms. The van der Waals surface area contributed by atoms with Crippen LogP contribution in [0.2, 0.25) is 0 Å². The first kappa shape index (κ1) is 51.5. The first-order valence-corrected chi connectivity index (χ1v) is 29.3. The van der Waals surface area contributed by atoms with Gasteiger partial charge in [-0.3, -0.25) is 19.9 Å². The zero-order valence-electron chi connectivity index (χ0n) is 47.4. The van der Waals surface area contributed by atoms with Crippen LogP contribution in [0, 0.1) is 11.3 Å². The lowest BCUT2D eigenvalue weighted by atomic mass is 10.00. The van der Waals surface area contributed by atoms with Gasteiger partial charge >= 0.3 is 0 Å². The standard InChI is InChI=1S/C80H50N8/c81-49-52-24-26-57(27-25-52)80-78(87-74-45-58(61-36-39-83-71(42-61)54-16-7-2-8-17-54)28-32-65(74)66-33-29-59(46-75(66)87)62-37-40-84-72(43-62)55-18-9-3-10-19-55)50-82-51-79(80)88-76-47-60(63-38-41-85-73(44-63)56-20-11-4-12-21-56)30-34-67(76)68-35-31-64(48-77(68)88)70-23-13-22-69(86-70)53-14-5-1-6-15-53/h1-48,50-51H. The Morgan fingerprint density at radius 1 is 0.273 bits per heavy atom. The highest BCUT2D eigenvalue weighted by atomic mass is 15.0. The fourth-order valence-corrected chi connectivity index (χ4v) is 12.5. The minimum absolute atomic E-state index is 0.565. The molecular formula is C80H50N8. The van der Waals surface area contributed by atoms with Gasteiger partial charge in [-0.15, -0.1) is 0 Å². The summed E-state index contributed by atoms with van der Waals surface area (Å²) in [6, 6.07) is 97.7. The van der Waals surface area contributed by atoms with E-state index in [0.29, 0.717) is 5.56 Å². The molecule has 0 saturated carbocycles. The van der Waals surface area contributed by atoms with Gasteiger partial charge in [0, 0.05) is 73.5 Å². The van der Waals surface area contributed by atoms with E-state index in [1.165, 1.54) is 0 Å². The maximum atomic E-state index is 10.3. The van der Waals surface area contributed by atoms with E-state index in [2.05, 4.69) is 203 Å². The third-order valence-corrected chi connectivity index (χ3v) is 16.8. The first-order chi connectivity index (χ1) is 43.6. The molecule has 0 bridgehead atoms. The highest BCUT2D eigenvalue weighted by Crippen LogP contribution is 2.45. The SMILES string of the molecule is N#Cc1ccc(-c2c(-n3c4cc(-c5ccnc(-c6ccccc6)c5)ccc4c4ccc(-c5ccnc(-c6ccccc6)c5)cc43)cncc2-n2c3cc(-c4ccnc(-c5ccccc5)c4)ccc3c3ccc(-c4cccc(-c5ccccc5)n4)cc32)cc1. The fraction of sp³-hybridized carbons (Fsp3) is 0. The number of nitriles is 1. The Kier molecular flexibility index (Phi) is 12.7. The van der Waals surface area contributed by atoms with Gasteiger partial charge in [0.25, 0.3) is 0 Å².